The maximum absolute atomic E-state index is 2.35. The number of rotatable bonds is 8. The molecule has 122 valence electrons. The Morgan fingerprint density at radius 2 is 1.70 bits per heavy atom. The zero-order valence-electron chi connectivity index (χ0n) is 14.7. The van der Waals surface area contributed by atoms with Gasteiger partial charge in [-0.15, -0.1) is 0 Å². The van der Waals surface area contributed by atoms with Crippen molar-refractivity contribution in [2.24, 2.45) is 0 Å². The van der Waals surface area contributed by atoms with Crippen LogP contribution in [0, 0.1) is 0 Å². The normalized spacial score (nSPS) is 11.1. The zero-order valence-corrected chi connectivity index (χ0v) is 14.7. The smallest absolute Gasteiger partial charge is 0.205 e. The summed E-state index contributed by atoms with van der Waals surface area (Å²) in [6.45, 7) is 3.35. The first kappa shape index (κ1) is 17.3. The molecule has 0 saturated heterocycles. The number of aryl methyl sites for hydroxylation is 1. The fourth-order valence-corrected chi connectivity index (χ4v) is 2.62. The van der Waals surface area contributed by atoms with E-state index in [1.807, 2.05) is 0 Å². The summed E-state index contributed by atoms with van der Waals surface area (Å²) >= 11 is 0. The molecule has 0 fully saturated rings. The maximum atomic E-state index is 2.35. The van der Waals surface area contributed by atoms with Gasteiger partial charge in [0.2, 0.25) is 5.69 Å². The van der Waals surface area contributed by atoms with Crippen molar-refractivity contribution in [1.29, 1.82) is 0 Å². The fourth-order valence-electron chi connectivity index (χ4n) is 2.62. The third kappa shape index (κ3) is 5.55. The van der Waals surface area contributed by atoms with Crippen molar-refractivity contribution in [3.8, 4) is 0 Å². The molecule has 2 heteroatoms. The van der Waals surface area contributed by atoms with Crippen LogP contribution < -0.4 is 9.47 Å². The summed E-state index contributed by atoms with van der Waals surface area (Å²) in [5, 5.41) is 0. The topological polar surface area (TPSA) is 7.12 Å². The summed E-state index contributed by atoms with van der Waals surface area (Å²) in [7, 11) is 4.13. The van der Waals surface area contributed by atoms with Crippen LogP contribution in [0.2, 0.25) is 0 Å². The summed E-state index contributed by atoms with van der Waals surface area (Å²) in [6, 6.07) is 15.1. The molecule has 0 saturated carbocycles. The first-order valence-corrected chi connectivity index (χ1v) is 8.64. The van der Waals surface area contributed by atoms with Crippen LogP contribution >= 0.6 is 0 Å². The third-order valence-corrected chi connectivity index (χ3v) is 4.08. The van der Waals surface area contributed by atoms with Crippen molar-refractivity contribution in [3.05, 3.63) is 59.9 Å². The van der Waals surface area contributed by atoms with Gasteiger partial charge in [-0.1, -0.05) is 31.9 Å². The van der Waals surface area contributed by atoms with E-state index < -0.39 is 0 Å². The predicted molar refractivity (Wildman–Crippen MR) is 100 cm³/mol. The highest BCUT2D eigenvalue weighted by atomic mass is 15.1. The van der Waals surface area contributed by atoms with E-state index in [0.717, 1.165) is 6.54 Å². The van der Waals surface area contributed by atoms with Gasteiger partial charge in [0.25, 0.3) is 0 Å². The van der Waals surface area contributed by atoms with Crippen molar-refractivity contribution in [2.45, 2.75) is 39.2 Å². The average Bonchev–Trinajstić information content (AvgIpc) is 2.58. The van der Waals surface area contributed by atoms with Gasteiger partial charge >= 0.3 is 0 Å². The lowest BCUT2D eigenvalue weighted by atomic mass is 10.1. The number of unbranched alkanes of at least 4 members (excludes halogenated alkanes) is 3. The Morgan fingerprint density at radius 1 is 0.913 bits per heavy atom. The number of pyridine rings is 1. The first-order chi connectivity index (χ1) is 11.2. The Balaban J connectivity index is 2.03. The van der Waals surface area contributed by atoms with Crippen LogP contribution in [0.5, 0.6) is 0 Å². The van der Waals surface area contributed by atoms with Gasteiger partial charge in [0.1, 0.15) is 6.54 Å². The zero-order chi connectivity index (χ0) is 16.5. The van der Waals surface area contributed by atoms with Crippen molar-refractivity contribution in [2.75, 3.05) is 19.0 Å². The molecule has 0 N–H and O–H groups in total. The SMILES string of the molecule is CCCCCC[n+]1ccccc1/C=C/c1ccc(N(C)C)cc1. The Kier molecular flexibility index (Phi) is 6.86. The second-order valence-corrected chi connectivity index (χ2v) is 6.20. The molecule has 1 aromatic heterocycles. The van der Waals surface area contributed by atoms with Crippen LogP contribution in [0.25, 0.3) is 12.2 Å². The van der Waals surface area contributed by atoms with E-state index in [9.17, 15) is 0 Å². The fraction of sp³-hybridized carbons (Fsp3) is 0.381. The molecule has 2 rings (SSSR count). The van der Waals surface area contributed by atoms with E-state index in [2.05, 4.69) is 91.3 Å². The summed E-state index contributed by atoms with van der Waals surface area (Å²) < 4.78 is 2.35. The molecular weight excluding hydrogens is 280 g/mol. The molecule has 1 aromatic carbocycles. The molecule has 0 bridgehead atoms. The number of aromatic nitrogens is 1. The number of hydrogen-bond acceptors (Lipinski definition) is 1. The molecule has 23 heavy (non-hydrogen) atoms. The second-order valence-electron chi connectivity index (χ2n) is 6.20. The van der Waals surface area contributed by atoms with Crippen LogP contribution in [0.4, 0.5) is 5.69 Å². The molecule has 0 aliphatic carbocycles. The Morgan fingerprint density at radius 3 is 2.39 bits per heavy atom. The monoisotopic (exact) mass is 309 g/mol. The van der Waals surface area contributed by atoms with Gasteiger partial charge in [-0.3, -0.25) is 0 Å². The Hall–Kier alpha value is -2.09. The molecule has 0 radical (unpaired) electrons. The maximum Gasteiger partial charge on any atom is 0.205 e. The second kappa shape index (κ2) is 9.14. The van der Waals surface area contributed by atoms with Gasteiger partial charge in [0, 0.05) is 44.4 Å². The minimum Gasteiger partial charge on any atom is -0.378 e. The van der Waals surface area contributed by atoms with Crippen LogP contribution in [0.3, 0.4) is 0 Å². The van der Waals surface area contributed by atoms with Gasteiger partial charge in [-0.2, -0.15) is 4.57 Å². The largest absolute Gasteiger partial charge is 0.378 e. The van der Waals surface area contributed by atoms with Gasteiger partial charge in [0.15, 0.2) is 6.20 Å². The number of benzene rings is 1. The van der Waals surface area contributed by atoms with Crippen molar-refractivity contribution in [3.63, 3.8) is 0 Å². The number of nitrogens with zero attached hydrogens (tertiary/aromatic N) is 2. The highest BCUT2D eigenvalue weighted by Gasteiger charge is 2.05. The number of anilines is 1. The summed E-state index contributed by atoms with van der Waals surface area (Å²) in [4.78, 5) is 2.12. The van der Waals surface area contributed by atoms with Crippen molar-refractivity contribution < 1.29 is 4.57 Å². The lowest BCUT2D eigenvalue weighted by molar-refractivity contribution is -0.699. The molecule has 0 amide bonds. The predicted octanol–water partition coefficient (Wildman–Crippen LogP) is 4.79. The van der Waals surface area contributed by atoms with E-state index in [4.69, 9.17) is 0 Å². The molecule has 0 atom stereocenters. The van der Waals surface area contributed by atoms with E-state index in [1.54, 1.807) is 0 Å². The standard InChI is InChI=1S/C21H29N2/c1-4-5-6-8-17-23-18-9-7-10-21(23)16-13-19-11-14-20(15-12-19)22(2)3/h7,9-16,18H,4-6,8,17H2,1-3H3/q+1. The molecular formula is C21H29N2+. The van der Waals surface area contributed by atoms with Crippen LogP contribution in [-0.4, -0.2) is 14.1 Å². The molecule has 1 heterocycles. The van der Waals surface area contributed by atoms with Gasteiger partial charge in [-0.05, 0) is 36.3 Å². The molecule has 0 aliphatic rings. The van der Waals surface area contributed by atoms with Crippen molar-refractivity contribution >= 4 is 17.8 Å². The first-order valence-electron chi connectivity index (χ1n) is 8.64. The van der Waals surface area contributed by atoms with Gasteiger partial charge in [-0.25, -0.2) is 0 Å². The number of hydrogen-bond donors (Lipinski definition) is 0. The minimum atomic E-state index is 1.10. The highest BCUT2D eigenvalue weighted by molar-refractivity contribution is 5.68. The molecule has 0 spiro atoms. The molecule has 0 aliphatic heterocycles. The molecule has 2 aromatic rings. The lowest BCUT2D eigenvalue weighted by Gasteiger charge is -2.11. The van der Waals surface area contributed by atoms with E-state index >= 15 is 0 Å². The minimum absolute atomic E-state index is 1.10. The summed E-state index contributed by atoms with van der Waals surface area (Å²) in [6.07, 6.45) is 11.8. The molecule has 2 nitrogen and oxygen atoms in total. The Labute approximate surface area is 141 Å². The molecule has 0 unspecified atom stereocenters. The van der Waals surface area contributed by atoms with Crippen LogP contribution in [0.15, 0.2) is 48.7 Å². The van der Waals surface area contributed by atoms with E-state index in [-0.39, 0.29) is 0 Å². The van der Waals surface area contributed by atoms with E-state index in [1.165, 1.54) is 42.6 Å². The quantitative estimate of drug-likeness (QED) is 0.502. The van der Waals surface area contributed by atoms with Crippen LogP contribution in [0.1, 0.15) is 43.9 Å². The average molecular weight is 309 g/mol. The summed E-state index contributed by atoms with van der Waals surface area (Å²) in [5.41, 5.74) is 3.73. The Bertz CT molecular complexity index is 612. The third-order valence-electron chi connectivity index (χ3n) is 4.08. The summed E-state index contributed by atoms with van der Waals surface area (Å²) in [5.74, 6) is 0. The van der Waals surface area contributed by atoms with E-state index in [0.29, 0.717) is 0 Å². The van der Waals surface area contributed by atoms with Crippen molar-refractivity contribution in [1.82, 2.24) is 0 Å². The van der Waals surface area contributed by atoms with Gasteiger partial charge < -0.3 is 4.90 Å². The lowest BCUT2D eigenvalue weighted by Crippen LogP contribution is -2.36. The van der Waals surface area contributed by atoms with Crippen LogP contribution in [-0.2, 0) is 6.54 Å². The highest BCUT2D eigenvalue weighted by Crippen LogP contribution is 2.14. The van der Waals surface area contributed by atoms with Gasteiger partial charge in [0.05, 0.1) is 0 Å².